The maximum Gasteiger partial charge on any atom is 0.262 e. The van der Waals surface area contributed by atoms with E-state index in [2.05, 4.69) is 5.32 Å². The van der Waals surface area contributed by atoms with E-state index < -0.39 is 5.82 Å². The molecule has 0 spiro atoms. The Hall–Kier alpha value is -3.35. The minimum Gasteiger partial charge on any atom is -0.484 e. The number of likely N-dealkylation sites (N-methyl/N-ethyl adjacent to an activating group) is 1. The van der Waals surface area contributed by atoms with E-state index in [9.17, 15) is 14.0 Å². The molecule has 7 heteroatoms. The fourth-order valence-corrected chi connectivity index (χ4v) is 3.14. The standard InChI is InChI=1S/C22H24FN3O3/c1-3-25(4-2)22(28)14-26-11-10-16-12-18(8-9-20(16)26)24-21(27)15-29-19-7-5-6-17(23)13-19/h5-13H,3-4,14-15H2,1-2H3,(H,24,27). The first-order valence-corrected chi connectivity index (χ1v) is 9.55. The van der Waals surface area contributed by atoms with Gasteiger partial charge in [0.15, 0.2) is 6.61 Å². The molecular formula is C22H24FN3O3. The Morgan fingerprint density at radius 3 is 2.62 bits per heavy atom. The highest BCUT2D eigenvalue weighted by atomic mass is 19.1. The minimum absolute atomic E-state index is 0.0689. The van der Waals surface area contributed by atoms with Crippen molar-refractivity contribution in [3.8, 4) is 5.75 Å². The maximum atomic E-state index is 13.1. The van der Waals surface area contributed by atoms with E-state index in [1.165, 1.54) is 18.2 Å². The Bertz CT molecular complexity index is 1010. The normalized spacial score (nSPS) is 10.7. The van der Waals surface area contributed by atoms with Crippen molar-refractivity contribution in [2.24, 2.45) is 0 Å². The van der Waals surface area contributed by atoms with Gasteiger partial charge in [0.05, 0.1) is 0 Å². The average Bonchev–Trinajstić information content (AvgIpc) is 3.09. The highest BCUT2D eigenvalue weighted by Crippen LogP contribution is 2.21. The zero-order valence-electron chi connectivity index (χ0n) is 16.5. The number of nitrogens with zero attached hydrogens (tertiary/aromatic N) is 2. The third kappa shape index (κ3) is 5.13. The van der Waals surface area contributed by atoms with E-state index in [0.717, 1.165) is 10.9 Å². The first kappa shape index (κ1) is 20.4. The lowest BCUT2D eigenvalue weighted by Gasteiger charge is -2.19. The van der Waals surface area contributed by atoms with E-state index in [1.807, 2.05) is 42.8 Å². The summed E-state index contributed by atoms with van der Waals surface area (Å²) in [6.07, 6.45) is 1.87. The van der Waals surface area contributed by atoms with Crippen molar-refractivity contribution >= 4 is 28.4 Å². The smallest absolute Gasteiger partial charge is 0.262 e. The van der Waals surface area contributed by atoms with Gasteiger partial charge in [-0.2, -0.15) is 0 Å². The van der Waals surface area contributed by atoms with E-state index in [4.69, 9.17) is 4.74 Å². The molecule has 0 aliphatic heterocycles. The largest absolute Gasteiger partial charge is 0.484 e. The van der Waals surface area contributed by atoms with Gasteiger partial charge in [0.1, 0.15) is 18.1 Å². The fraction of sp³-hybridized carbons (Fsp3) is 0.273. The third-order valence-electron chi connectivity index (χ3n) is 4.64. The molecule has 0 saturated heterocycles. The molecule has 0 atom stereocenters. The number of aromatic nitrogens is 1. The van der Waals surface area contributed by atoms with Crippen LogP contribution >= 0.6 is 0 Å². The lowest BCUT2D eigenvalue weighted by molar-refractivity contribution is -0.131. The van der Waals surface area contributed by atoms with Crippen molar-refractivity contribution in [3.63, 3.8) is 0 Å². The Morgan fingerprint density at radius 1 is 1.10 bits per heavy atom. The van der Waals surface area contributed by atoms with Crippen molar-refractivity contribution in [3.05, 3.63) is 60.5 Å². The van der Waals surface area contributed by atoms with Crippen molar-refractivity contribution in [2.75, 3.05) is 25.0 Å². The van der Waals surface area contributed by atoms with Gasteiger partial charge in [-0.05, 0) is 50.2 Å². The summed E-state index contributed by atoms with van der Waals surface area (Å²) < 4.78 is 20.3. The van der Waals surface area contributed by atoms with Crippen molar-refractivity contribution in [1.29, 1.82) is 0 Å². The number of carbonyl (C=O) groups is 2. The van der Waals surface area contributed by atoms with Crippen LogP contribution in [-0.4, -0.2) is 41.0 Å². The van der Waals surface area contributed by atoms with Gasteiger partial charge in [0.25, 0.3) is 5.91 Å². The molecule has 2 amide bonds. The van der Waals surface area contributed by atoms with Crippen molar-refractivity contribution in [1.82, 2.24) is 9.47 Å². The highest BCUT2D eigenvalue weighted by Gasteiger charge is 2.12. The number of rotatable bonds is 8. The van der Waals surface area contributed by atoms with Crippen LogP contribution in [0.25, 0.3) is 10.9 Å². The number of hydrogen-bond donors (Lipinski definition) is 1. The van der Waals surface area contributed by atoms with E-state index in [1.54, 1.807) is 17.0 Å². The van der Waals surface area contributed by atoms with E-state index in [-0.39, 0.29) is 25.0 Å². The number of ether oxygens (including phenoxy) is 1. The van der Waals surface area contributed by atoms with Crippen molar-refractivity contribution < 1.29 is 18.7 Å². The molecule has 0 fully saturated rings. The number of benzene rings is 2. The molecule has 2 aromatic carbocycles. The SMILES string of the molecule is CCN(CC)C(=O)Cn1ccc2cc(NC(=O)COc3cccc(F)c3)ccc21. The van der Waals surface area contributed by atoms with Crippen molar-refractivity contribution in [2.45, 2.75) is 20.4 Å². The quantitative estimate of drug-likeness (QED) is 0.631. The average molecular weight is 397 g/mol. The number of carbonyl (C=O) groups excluding carboxylic acids is 2. The monoisotopic (exact) mass is 397 g/mol. The first-order chi connectivity index (χ1) is 14.0. The van der Waals surface area contributed by atoms with Gasteiger partial charge in [-0.25, -0.2) is 4.39 Å². The Kier molecular flexibility index (Phi) is 6.49. The second-order valence-electron chi connectivity index (χ2n) is 6.58. The molecule has 0 unspecified atom stereocenters. The van der Waals surface area contributed by atoms with Gasteiger partial charge in [-0.15, -0.1) is 0 Å². The maximum absolute atomic E-state index is 13.1. The highest BCUT2D eigenvalue weighted by molar-refractivity contribution is 5.95. The Balaban J connectivity index is 1.63. The molecule has 0 saturated carbocycles. The Morgan fingerprint density at radius 2 is 1.90 bits per heavy atom. The predicted molar refractivity (Wildman–Crippen MR) is 110 cm³/mol. The zero-order valence-corrected chi connectivity index (χ0v) is 16.5. The van der Waals surface area contributed by atoms with Crippen LogP contribution in [0.1, 0.15) is 13.8 Å². The second-order valence-corrected chi connectivity index (χ2v) is 6.58. The molecule has 0 bridgehead atoms. The van der Waals surface area contributed by atoms with Gasteiger partial charge in [-0.3, -0.25) is 9.59 Å². The summed E-state index contributed by atoms with van der Waals surface area (Å²) >= 11 is 0. The number of amides is 2. The molecule has 3 aromatic rings. The summed E-state index contributed by atoms with van der Waals surface area (Å²) in [5.74, 6) is -0.396. The molecule has 3 rings (SSSR count). The lowest BCUT2D eigenvalue weighted by atomic mass is 10.2. The molecule has 6 nitrogen and oxygen atoms in total. The molecule has 152 valence electrons. The number of anilines is 1. The van der Waals surface area contributed by atoms with E-state index >= 15 is 0 Å². The van der Waals surface area contributed by atoms with Crippen LogP contribution in [0, 0.1) is 5.82 Å². The summed E-state index contributed by atoms with van der Waals surface area (Å²) in [5, 5.41) is 3.68. The molecule has 1 aromatic heterocycles. The van der Waals surface area contributed by atoms with Gasteiger partial charge in [-0.1, -0.05) is 6.07 Å². The second kappa shape index (κ2) is 9.23. The topological polar surface area (TPSA) is 63.6 Å². The number of nitrogens with one attached hydrogen (secondary N) is 1. The number of fused-ring (bicyclic) bond motifs is 1. The molecule has 1 heterocycles. The van der Waals surface area contributed by atoms with Crippen LogP contribution in [0.4, 0.5) is 10.1 Å². The van der Waals surface area contributed by atoms with Crippen LogP contribution in [-0.2, 0) is 16.1 Å². The molecule has 0 radical (unpaired) electrons. The van der Waals surface area contributed by atoms with Crippen LogP contribution in [0.15, 0.2) is 54.7 Å². The predicted octanol–water partition coefficient (Wildman–Crippen LogP) is 3.67. The molecule has 0 aliphatic rings. The lowest BCUT2D eigenvalue weighted by Crippen LogP contribution is -2.33. The Labute approximate surface area is 168 Å². The first-order valence-electron chi connectivity index (χ1n) is 9.55. The molecule has 0 aliphatic carbocycles. The van der Waals surface area contributed by atoms with Gasteiger partial charge in [0, 0.05) is 41.9 Å². The van der Waals surface area contributed by atoms with Crippen LogP contribution in [0.5, 0.6) is 5.75 Å². The molecule has 29 heavy (non-hydrogen) atoms. The fourth-order valence-electron chi connectivity index (χ4n) is 3.14. The minimum atomic E-state index is -0.419. The summed E-state index contributed by atoms with van der Waals surface area (Å²) in [4.78, 5) is 26.3. The van der Waals surface area contributed by atoms with Crippen LogP contribution < -0.4 is 10.1 Å². The molecule has 1 N–H and O–H groups in total. The van der Waals surface area contributed by atoms with Gasteiger partial charge in [0.2, 0.25) is 5.91 Å². The molecular weight excluding hydrogens is 373 g/mol. The van der Waals surface area contributed by atoms with Gasteiger partial charge < -0.3 is 19.5 Å². The van der Waals surface area contributed by atoms with Gasteiger partial charge >= 0.3 is 0 Å². The number of halogens is 1. The zero-order chi connectivity index (χ0) is 20.8. The summed E-state index contributed by atoms with van der Waals surface area (Å²) in [6, 6.07) is 13.0. The summed E-state index contributed by atoms with van der Waals surface area (Å²) in [6.45, 7) is 5.34. The van der Waals surface area contributed by atoms with Crippen LogP contribution in [0.2, 0.25) is 0 Å². The number of hydrogen-bond acceptors (Lipinski definition) is 3. The van der Waals surface area contributed by atoms with E-state index in [0.29, 0.717) is 24.5 Å². The third-order valence-corrected chi connectivity index (χ3v) is 4.64. The summed E-state index contributed by atoms with van der Waals surface area (Å²) in [7, 11) is 0. The summed E-state index contributed by atoms with van der Waals surface area (Å²) in [5.41, 5.74) is 1.54. The van der Waals surface area contributed by atoms with Crippen LogP contribution in [0.3, 0.4) is 0 Å².